The summed E-state index contributed by atoms with van der Waals surface area (Å²) in [4.78, 5) is 36.3. The Bertz CT molecular complexity index is 1030. The van der Waals surface area contributed by atoms with Gasteiger partial charge in [-0.25, -0.2) is 4.98 Å². The van der Waals surface area contributed by atoms with Crippen LogP contribution < -0.4 is 10.2 Å². The largest absolute Gasteiger partial charge is 0.367 e. The molecule has 3 aromatic rings. The zero-order valence-electron chi connectivity index (χ0n) is 17.3. The second-order valence-electron chi connectivity index (χ2n) is 7.44. The van der Waals surface area contributed by atoms with E-state index < -0.39 is 0 Å². The predicted octanol–water partition coefficient (Wildman–Crippen LogP) is 3.34. The third-order valence-electron chi connectivity index (χ3n) is 5.30. The fourth-order valence-electron chi connectivity index (χ4n) is 3.70. The third kappa shape index (κ3) is 5.06. The van der Waals surface area contributed by atoms with Crippen molar-refractivity contribution in [2.45, 2.75) is 19.4 Å². The van der Waals surface area contributed by atoms with Gasteiger partial charge in [0.05, 0.1) is 17.9 Å². The molecule has 1 fully saturated rings. The molecule has 7 heteroatoms. The summed E-state index contributed by atoms with van der Waals surface area (Å²) in [5.41, 5.74) is 3.43. The highest BCUT2D eigenvalue weighted by molar-refractivity contribution is 5.83. The highest BCUT2D eigenvalue weighted by Crippen LogP contribution is 2.28. The van der Waals surface area contributed by atoms with Crippen molar-refractivity contribution in [2.24, 2.45) is 0 Å². The van der Waals surface area contributed by atoms with Crippen LogP contribution in [0.2, 0.25) is 0 Å². The van der Waals surface area contributed by atoms with Gasteiger partial charge in [0.15, 0.2) is 5.82 Å². The van der Waals surface area contributed by atoms with Gasteiger partial charge in [-0.3, -0.25) is 14.6 Å². The quantitative estimate of drug-likeness (QED) is 0.543. The van der Waals surface area contributed by atoms with Gasteiger partial charge in [0.25, 0.3) is 0 Å². The summed E-state index contributed by atoms with van der Waals surface area (Å²) < 4.78 is 0. The maximum Gasteiger partial charge on any atom is 0.222 e. The van der Waals surface area contributed by atoms with Gasteiger partial charge < -0.3 is 15.1 Å². The van der Waals surface area contributed by atoms with Crippen LogP contribution >= 0.6 is 0 Å². The van der Waals surface area contributed by atoms with Gasteiger partial charge in [0.1, 0.15) is 0 Å². The first-order valence-corrected chi connectivity index (χ1v) is 10.4. The van der Waals surface area contributed by atoms with Crippen molar-refractivity contribution in [3.8, 4) is 11.3 Å². The molecule has 0 saturated carbocycles. The number of hydrogen-bond donors (Lipinski definition) is 1. The van der Waals surface area contributed by atoms with Gasteiger partial charge >= 0.3 is 0 Å². The van der Waals surface area contributed by atoms with E-state index in [0.29, 0.717) is 37.6 Å². The molecule has 1 aromatic carbocycles. The lowest BCUT2D eigenvalue weighted by atomic mass is 10.1. The molecular formula is C24H25N5O2. The second-order valence-corrected chi connectivity index (χ2v) is 7.44. The summed E-state index contributed by atoms with van der Waals surface area (Å²) in [6.07, 6.45) is 5.79. The summed E-state index contributed by atoms with van der Waals surface area (Å²) in [7, 11) is 0. The Labute approximate surface area is 181 Å². The summed E-state index contributed by atoms with van der Waals surface area (Å²) in [6.45, 7) is 2.36. The molecule has 1 aliphatic rings. The van der Waals surface area contributed by atoms with Crippen molar-refractivity contribution < 1.29 is 9.59 Å². The van der Waals surface area contributed by atoms with Crippen LogP contribution in [0, 0.1) is 0 Å². The van der Waals surface area contributed by atoms with E-state index in [9.17, 15) is 9.59 Å². The molecule has 2 aromatic heterocycles. The Morgan fingerprint density at radius 2 is 1.97 bits per heavy atom. The van der Waals surface area contributed by atoms with Crippen LogP contribution in [0.15, 0.2) is 67.0 Å². The molecule has 0 radical (unpaired) electrons. The molecule has 1 N–H and O–H groups in total. The maximum atomic E-state index is 11.9. The zero-order valence-corrected chi connectivity index (χ0v) is 17.3. The Morgan fingerprint density at radius 1 is 1.10 bits per heavy atom. The minimum absolute atomic E-state index is 0.194. The first-order valence-electron chi connectivity index (χ1n) is 10.4. The fourth-order valence-corrected chi connectivity index (χ4v) is 3.70. The number of rotatable bonds is 9. The SMILES string of the molecule is O=CN(Cc1cccnc1)c1ccc(-c2ccccc2)nc1NCCN1CCCC1=O. The first-order chi connectivity index (χ1) is 15.2. The molecule has 31 heavy (non-hydrogen) atoms. The molecule has 158 valence electrons. The number of aromatic nitrogens is 2. The molecule has 0 unspecified atom stereocenters. The molecule has 0 bridgehead atoms. The lowest BCUT2D eigenvalue weighted by Gasteiger charge is -2.22. The lowest BCUT2D eigenvalue weighted by molar-refractivity contribution is -0.127. The van der Waals surface area contributed by atoms with Gasteiger partial charge in [-0.05, 0) is 30.2 Å². The summed E-state index contributed by atoms with van der Waals surface area (Å²) in [6, 6.07) is 17.5. The monoisotopic (exact) mass is 415 g/mol. The molecular weight excluding hydrogens is 390 g/mol. The van der Waals surface area contributed by atoms with Crippen molar-refractivity contribution in [3.05, 3.63) is 72.6 Å². The average Bonchev–Trinajstić information content (AvgIpc) is 3.23. The number of hydrogen-bond acceptors (Lipinski definition) is 5. The van der Waals surface area contributed by atoms with Crippen LogP contribution in [0.25, 0.3) is 11.3 Å². The summed E-state index contributed by atoms with van der Waals surface area (Å²) >= 11 is 0. The van der Waals surface area contributed by atoms with E-state index in [1.807, 2.05) is 59.5 Å². The van der Waals surface area contributed by atoms with Crippen molar-refractivity contribution >= 4 is 23.8 Å². The molecule has 0 aliphatic carbocycles. The van der Waals surface area contributed by atoms with E-state index in [1.54, 1.807) is 17.3 Å². The van der Waals surface area contributed by atoms with Crippen LogP contribution in [-0.4, -0.2) is 46.8 Å². The number of amides is 2. The van der Waals surface area contributed by atoms with Crippen molar-refractivity contribution in [2.75, 3.05) is 29.9 Å². The van der Waals surface area contributed by atoms with Gasteiger partial charge in [0, 0.05) is 44.0 Å². The van der Waals surface area contributed by atoms with Crippen LogP contribution in [0.4, 0.5) is 11.5 Å². The Hall–Kier alpha value is -3.74. The van der Waals surface area contributed by atoms with Crippen LogP contribution in [0.3, 0.4) is 0 Å². The van der Waals surface area contributed by atoms with E-state index >= 15 is 0 Å². The normalized spacial score (nSPS) is 13.3. The Balaban J connectivity index is 1.59. The number of anilines is 2. The highest BCUT2D eigenvalue weighted by atomic mass is 16.2. The Morgan fingerprint density at radius 3 is 2.68 bits per heavy atom. The number of likely N-dealkylation sites (tertiary alicyclic amines) is 1. The maximum absolute atomic E-state index is 11.9. The van der Waals surface area contributed by atoms with E-state index in [-0.39, 0.29) is 5.91 Å². The van der Waals surface area contributed by atoms with Crippen LogP contribution in [0.5, 0.6) is 0 Å². The summed E-state index contributed by atoms with van der Waals surface area (Å²) in [5.74, 6) is 0.808. The third-order valence-corrected chi connectivity index (χ3v) is 5.30. The number of nitrogens with one attached hydrogen (secondary N) is 1. The minimum atomic E-state index is 0.194. The van der Waals surface area contributed by atoms with Crippen LogP contribution in [-0.2, 0) is 16.1 Å². The number of carbonyl (C=O) groups is 2. The van der Waals surface area contributed by atoms with Gasteiger partial charge in [-0.1, -0.05) is 36.4 Å². The van der Waals surface area contributed by atoms with Gasteiger partial charge in [0.2, 0.25) is 12.3 Å². The standard InChI is InChI=1S/C24H25N5O2/c30-18-29(17-19-6-4-12-25-16-19)22-11-10-21(20-7-2-1-3-8-20)27-24(22)26-13-15-28-14-5-9-23(28)31/h1-4,6-8,10-12,16,18H,5,9,13-15,17H2,(H,26,27). The molecule has 0 spiro atoms. The summed E-state index contributed by atoms with van der Waals surface area (Å²) in [5, 5.41) is 3.35. The smallest absolute Gasteiger partial charge is 0.222 e. The van der Waals surface area contributed by atoms with Crippen molar-refractivity contribution in [1.82, 2.24) is 14.9 Å². The lowest BCUT2D eigenvalue weighted by Crippen LogP contribution is -2.30. The molecule has 4 rings (SSSR count). The average molecular weight is 415 g/mol. The second kappa shape index (κ2) is 9.84. The molecule has 1 saturated heterocycles. The van der Waals surface area contributed by atoms with Gasteiger partial charge in [-0.15, -0.1) is 0 Å². The molecule has 1 aliphatic heterocycles. The van der Waals surface area contributed by atoms with E-state index in [1.165, 1.54) is 0 Å². The number of pyridine rings is 2. The molecule has 2 amide bonds. The van der Waals surface area contributed by atoms with E-state index in [0.717, 1.165) is 36.2 Å². The van der Waals surface area contributed by atoms with Crippen LogP contribution in [0.1, 0.15) is 18.4 Å². The number of nitrogens with zero attached hydrogens (tertiary/aromatic N) is 4. The highest BCUT2D eigenvalue weighted by Gasteiger charge is 2.20. The van der Waals surface area contributed by atoms with Crippen molar-refractivity contribution in [3.63, 3.8) is 0 Å². The van der Waals surface area contributed by atoms with Gasteiger partial charge in [-0.2, -0.15) is 0 Å². The number of benzene rings is 1. The molecule has 0 atom stereocenters. The topological polar surface area (TPSA) is 78.4 Å². The minimum Gasteiger partial charge on any atom is -0.367 e. The van der Waals surface area contributed by atoms with Crippen molar-refractivity contribution in [1.29, 1.82) is 0 Å². The van der Waals surface area contributed by atoms with E-state index in [4.69, 9.17) is 4.98 Å². The Kier molecular flexibility index (Phi) is 6.52. The number of carbonyl (C=O) groups excluding carboxylic acids is 2. The first kappa shape index (κ1) is 20.5. The predicted molar refractivity (Wildman–Crippen MR) is 120 cm³/mol. The molecule has 7 nitrogen and oxygen atoms in total. The zero-order chi connectivity index (χ0) is 21.5. The fraction of sp³-hybridized carbons (Fsp3) is 0.250. The van der Waals surface area contributed by atoms with E-state index in [2.05, 4.69) is 10.3 Å². The molecule has 3 heterocycles.